The maximum absolute atomic E-state index is 13.8. The van der Waals surface area contributed by atoms with Gasteiger partial charge in [-0.15, -0.1) is 0 Å². The fraction of sp³-hybridized carbons (Fsp3) is 0.444. The Morgan fingerprint density at radius 1 is 1.06 bits per heavy atom. The third-order valence-electron chi connectivity index (χ3n) is 6.99. The highest BCUT2D eigenvalue weighted by molar-refractivity contribution is 5.96. The van der Waals surface area contributed by atoms with Crippen LogP contribution in [0.25, 0.3) is 11.5 Å². The first-order valence-electron chi connectivity index (χ1n) is 12.1. The van der Waals surface area contributed by atoms with Crippen molar-refractivity contribution < 1.29 is 18.0 Å². The van der Waals surface area contributed by atoms with Crippen molar-refractivity contribution in [3.63, 3.8) is 0 Å². The van der Waals surface area contributed by atoms with Crippen molar-refractivity contribution in [3.05, 3.63) is 70.4 Å². The molecule has 3 aromatic rings. The van der Waals surface area contributed by atoms with Crippen molar-refractivity contribution in [1.82, 2.24) is 24.8 Å². The minimum atomic E-state index is -4.52. The Morgan fingerprint density at radius 3 is 2.42 bits per heavy atom. The van der Waals surface area contributed by atoms with Gasteiger partial charge in [0.15, 0.2) is 5.82 Å². The lowest BCUT2D eigenvalue weighted by Crippen LogP contribution is -2.51. The predicted octanol–water partition coefficient (Wildman–Crippen LogP) is 5.61. The summed E-state index contributed by atoms with van der Waals surface area (Å²) in [6.45, 7) is 9.69. The molecule has 1 aromatic carbocycles. The zero-order valence-corrected chi connectivity index (χ0v) is 21.1. The molecule has 36 heavy (non-hydrogen) atoms. The molecule has 1 aliphatic rings. The number of benzene rings is 1. The number of hydrogen-bond donors (Lipinski definition) is 0. The third kappa shape index (κ3) is 5.10. The van der Waals surface area contributed by atoms with Crippen molar-refractivity contribution in [3.8, 4) is 11.5 Å². The molecule has 3 heterocycles. The molecular formula is C27H30F3N5O. The van der Waals surface area contributed by atoms with E-state index in [2.05, 4.69) is 33.8 Å². The van der Waals surface area contributed by atoms with Gasteiger partial charge in [0.2, 0.25) is 0 Å². The molecule has 2 aromatic heterocycles. The van der Waals surface area contributed by atoms with Crippen LogP contribution in [0.4, 0.5) is 13.2 Å². The molecule has 3 atom stereocenters. The van der Waals surface area contributed by atoms with Gasteiger partial charge in [0.1, 0.15) is 11.5 Å². The van der Waals surface area contributed by atoms with Gasteiger partial charge in [-0.1, -0.05) is 19.9 Å². The molecule has 1 unspecified atom stereocenters. The van der Waals surface area contributed by atoms with Crippen LogP contribution in [0.2, 0.25) is 0 Å². The second-order valence-electron chi connectivity index (χ2n) is 9.78. The Bertz CT molecular complexity index is 1260. The summed E-state index contributed by atoms with van der Waals surface area (Å²) in [6, 6.07) is 5.29. The van der Waals surface area contributed by atoms with Crippen molar-refractivity contribution in [2.24, 2.45) is 11.8 Å². The van der Waals surface area contributed by atoms with E-state index >= 15 is 0 Å². The van der Waals surface area contributed by atoms with E-state index in [0.29, 0.717) is 30.3 Å². The van der Waals surface area contributed by atoms with Gasteiger partial charge in [-0.05, 0) is 69.2 Å². The highest BCUT2D eigenvalue weighted by atomic mass is 19.4. The maximum Gasteiger partial charge on any atom is 0.416 e. The highest BCUT2D eigenvalue weighted by Crippen LogP contribution is 2.36. The second-order valence-corrected chi connectivity index (χ2v) is 9.78. The Balaban J connectivity index is 1.76. The molecule has 1 fully saturated rings. The first-order valence-corrected chi connectivity index (χ1v) is 12.1. The van der Waals surface area contributed by atoms with E-state index in [1.54, 1.807) is 30.3 Å². The van der Waals surface area contributed by atoms with E-state index < -0.39 is 11.7 Å². The summed E-state index contributed by atoms with van der Waals surface area (Å²) in [7, 11) is 0. The molecule has 0 radical (unpaired) electrons. The van der Waals surface area contributed by atoms with Crippen LogP contribution < -0.4 is 0 Å². The summed E-state index contributed by atoms with van der Waals surface area (Å²) in [5, 5.41) is 0. The number of piperidine rings is 1. The standard InChI is InChI=1S/C27H30F3N5O/c1-15-12-16(2)23(13-21-18(4)33-19(5)34-24(21)25-31-10-7-11-32-25)35(14-15)26(36)20-8-6-9-22(17(20)3)27(28,29)30/h6-11,15-16,23H,12-14H2,1-5H3/t15-,16?,23+/m1/s1. The topological polar surface area (TPSA) is 71.9 Å². The lowest BCUT2D eigenvalue weighted by molar-refractivity contribution is -0.138. The maximum atomic E-state index is 13.8. The molecule has 4 rings (SSSR count). The molecule has 1 amide bonds. The molecule has 0 N–H and O–H groups in total. The van der Waals surface area contributed by atoms with E-state index in [0.717, 1.165) is 23.7 Å². The molecule has 0 aliphatic carbocycles. The normalized spacial score (nSPS) is 20.4. The third-order valence-corrected chi connectivity index (χ3v) is 6.99. The minimum absolute atomic E-state index is 0.0483. The minimum Gasteiger partial charge on any atom is -0.335 e. The number of likely N-dealkylation sites (tertiary alicyclic amines) is 1. The molecular weight excluding hydrogens is 467 g/mol. The van der Waals surface area contributed by atoms with E-state index in [1.807, 2.05) is 6.92 Å². The molecule has 0 bridgehead atoms. The van der Waals surface area contributed by atoms with Crippen molar-refractivity contribution >= 4 is 5.91 Å². The summed E-state index contributed by atoms with van der Waals surface area (Å²) < 4.78 is 40.7. The Kier molecular flexibility index (Phi) is 7.11. The van der Waals surface area contributed by atoms with Crippen LogP contribution in [0, 0.1) is 32.6 Å². The Labute approximate surface area is 209 Å². The fourth-order valence-corrected chi connectivity index (χ4v) is 5.31. The molecule has 6 nitrogen and oxygen atoms in total. The average Bonchev–Trinajstić information content (AvgIpc) is 2.81. The number of carbonyl (C=O) groups is 1. The van der Waals surface area contributed by atoms with Gasteiger partial charge in [0, 0.05) is 41.8 Å². The SMILES string of the molecule is Cc1nc(C)c(C[C@H]2C(C)C[C@@H](C)CN2C(=O)c2cccc(C(F)(F)F)c2C)c(-c2ncccn2)n1. The van der Waals surface area contributed by atoms with Crippen LogP contribution >= 0.6 is 0 Å². The van der Waals surface area contributed by atoms with Gasteiger partial charge in [-0.25, -0.2) is 19.9 Å². The largest absolute Gasteiger partial charge is 0.416 e. The van der Waals surface area contributed by atoms with Crippen LogP contribution in [-0.2, 0) is 12.6 Å². The number of aryl methyl sites for hydroxylation is 2. The number of amides is 1. The van der Waals surface area contributed by atoms with Gasteiger partial charge in [-0.2, -0.15) is 13.2 Å². The first-order chi connectivity index (χ1) is 17.0. The van der Waals surface area contributed by atoms with Crippen molar-refractivity contribution in [2.75, 3.05) is 6.54 Å². The van der Waals surface area contributed by atoms with E-state index in [4.69, 9.17) is 0 Å². The Morgan fingerprint density at radius 2 is 1.75 bits per heavy atom. The number of aromatic nitrogens is 4. The van der Waals surface area contributed by atoms with E-state index in [1.165, 1.54) is 19.1 Å². The number of alkyl halides is 3. The number of halogens is 3. The number of nitrogens with zero attached hydrogens (tertiary/aromatic N) is 5. The molecule has 190 valence electrons. The van der Waals surface area contributed by atoms with Gasteiger partial charge in [0.25, 0.3) is 5.91 Å². The quantitative estimate of drug-likeness (QED) is 0.469. The van der Waals surface area contributed by atoms with E-state index in [9.17, 15) is 18.0 Å². The van der Waals surface area contributed by atoms with Crippen molar-refractivity contribution in [1.29, 1.82) is 0 Å². The fourth-order valence-electron chi connectivity index (χ4n) is 5.31. The van der Waals surface area contributed by atoms with E-state index in [-0.39, 0.29) is 34.9 Å². The molecule has 0 spiro atoms. The molecule has 1 aliphatic heterocycles. The molecule has 0 saturated carbocycles. The summed E-state index contributed by atoms with van der Waals surface area (Å²) >= 11 is 0. The van der Waals surface area contributed by atoms with Gasteiger partial charge in [-0.3, -0.25) is 4.79 Å². The highest BCUT2D eigenvalue weighted by Gasteiger charge is 2.39. The smallest absolute Gasteiger partial charge is 0.335 e. The summed E-state index contributed by atoms with van der Waals surface area (Å²) in [5.41, 5.74) is 1.49. The Hall–Kier alpha value is -3.36. The lowest BCUT2D eigenvalue weighted by atomic mass is 9.81. The monoisotopic (exact) mass is 497 g/mol. The molecule has 9 heteroatoms. The van der Waals surface area contributed by atoms with Crippen LogP contribution in [-0.4, -0.2) is 43.3 Å². The van der Waals surface area contributed by atoms with Crippen LogP contribution in [0.3, 0.4) is 0 Å². The van der Waals surface area contributed by atoms with Gasteiger partial charge < -0.3 is 4.90 Å². The summed E-state index contributed by atoms with van der Waals surface area (Å²) in [5.74, 6) is 1.03. The number of hydrogen-bond acceptors (Lipinski definition) is 5. The summed E-state index contributed by atoms with van der Waals surface area (Å²) in [4.78, 5) is 33.5. The first kappa shape index (κ1) is 25.7. The number of rotatable bonds is 4. The van der Waals surface area contributed by atoms with Crippen LogP contribution in [0.1, 0.15) is 58.8 Å². The summed E-state index contributed by atoms with van der Waals surface area (Å²) in [6.07, 6.45) is 0.131. The average molecular weight is 498 g/mol. The zero-order chi connectivity index (χ0) is 26.2. The number of carbonyl (C=O) groups excluding carboxylic acids is 1. The van der Waals surface area contributed by atoms with Gasteiger partial charge >= 0.3 is 6.18 Å². The van der Waals surface area contributed by atoms with Crippen LogP contribution in [0.5, 0.6) is 0 Å². The molecule has 1 saturated heterocycles. The van der Waals surface area contributed by atoms with Crippen molar-refractivity contribution in [2.45, 2.75) is 59.7 Å². The predicted molar refractivity (Wildman–Crippen MR) is 130 cm³/mol. The second kappa shape index (κ2) is 9.95. The zero-order valence-electron chi connectivity index (χ0n) is 21.1. The van der Waals surface area contributed by atoms with Crippen LogP contribution in [0.15, 0.2) is 36.7 Å². The lowest BCUT2D eigenvalue weighted by Gasteiger charge is -2.43. The van der Waals surface area contributed by atoms with Gasteiger partial charge in [0.05, 0.1) is 5.56 Å².